The van der Waals surface area contributed by atoms with Crippen LogP contribution in [0.15, 0.2) is 23.1 Å². The lowest BCUT2D eigenvalue weighted by molar-refractivity contribution is -0.122. The van der Waals surface area contributed by atoms with Gasteiger partial charge in [0.1, 0.15) is 10.6 Å². The Morgan fingerprint density at radius 2 is 2.03 bits per heavy atom. The van der Waals surface area contributed by atoms with Gasteiger partial charge in [0.05, 0.1) is 40.3 Å². The molecule has 2 N–H and O–H groups in total. The number of nitrogens with one attached hydrogen (secondary N) is 2. The van der Waals surface area contributed by atoms with E-state index in [1.54, 1.807) is 32.9 Å². The number of sulfone groups is 1. The van der Waals surface area contributed by atoms with E-state index in [0.29, 0.717) is 23.6 Å². The van der Waals surface area contributed by atoms with Crippen LogP contribution in [0.5, 0.6) is 5.75 Å². The summed E-state index contributed by atoms with van der Waals surface area (Å²) in [7, 11) is -7.14. The van der Waals surface area contributed by atoms with Gasteiger partial charge in [0, 0.05) is 0 Å². The molecule has 2 aromatic rings. The molecule has 3 heterocycles. The van der Waals surface area contributed by atoms with Gasteiger partial charge in [0.25, 0.3) is 15.9 Å². The third-order valence-electron chi connectivity index (χ3n) is 5.24. The summed E-state index contributed by atoms with van der Waals surface area (Å²) < 4.78 is 59.3. The Bertz CT molecular complexity index is 1250. The van der Waals surface area contributed by atoms with E-state index >= 15 is 0 Å². The number of aryl methyl sites for hydroxylation is 1. The maximum atomic E-state index is 13.1. The highest BCUT2D eigenvalue weighted by atomic mass is 32.2. The van der Waals surface area contributed by atoms with Crippen molar-refractivity contribution in [1.82, 2.24) is 9.78 Å². The summed E-state index contributed by atoms with van der Waals surface area (Å²) in [6.07, 6.45) is -0.226. The molecule has 0 unspecified atom stereocenters. The predicted octanol–water partition coefficient (Wildman–Crippen LogP) is 1.38. The molecule has 162 valence electrons. The maximum absolute atomic E-state index is 13.1. The van der Waals surface area contributed by atoms with Crippen LogP contribution in [0, 0.1) is 13.8 Å². The summed E-state index contributed by atoms with van der Waals surface area (Å²) in [4.78, 5) is 11.8. The highest BCUT2D eigenvalue weighted by Crippen LogP contribution is 2.34. The molecule has 2 atom stereocenters. The van der Waals surface area contributed by atoms with Gasteiger partial charge in [-0.25, -0.2) is 16.8 Å². The second-order valence-electron chi connectivity index (χ2n) is 7.57. The monoisotopic (exact) mass is 454 g/mol. The number of anilines is 2. The topological polar surface area (TPSA) is 136 Å². The predicted molar refractivity (Wildman–Crippen MR) is 110 cm³/mol. The van der Waals surface area contributed by atoms with Gasteiger partial charge in [-0.15, -0.1) is 0 Å². The lowest BCUT2D eigenvalue weighted by atomic mass is 10.2. The van der Waals surface area contributed by atoms with Crippen molar-refractivity contribution >= 4 is 37.1 Å². The van der Waals surface area contributed by atoms with E-state index in [1.165, 1.54) is 10.7 Å². The maximum Gasteiger partial charge on any atom is 0.265 e. The van der Waals surface area contributed by atoms with E-state index in [4.69, 9.17) is 4.74 Å². The molecule has 10 nitrogen and oxygen atoms in total. The third kappa shape index (κ3) is 3.65. The van der Waals surface area contributed by atoms with Crippen LogP contribution < -0.4 is 14.8 Å². The molecule has 1 amide bonds. The first kappa shape index (κ1) is 20.7. The number of ether oxygens (including phenoxy) is 1. The highest BCUT2D eigenvalue weighted by Gasteiger charge is 2.34. The average molecular weight is 455 g/mol. The number of carbonyl (C=O) groups is 1. The number of hydrogen-bond donors (Lipinski definition) is 2. The molecule has 0 saturated carbocycles. The second-order valence-corrected chi connectivity index (χ2v) is 11.4. The fourth-order valence-electron chi connectivity index (χ4n) is 3.84. The SMILES string of the molecule is Cc1nn([C@H]2CCS(=O)(=O)C2)c(C)c1S(=O)(=O)Nc1ccc2c(c1)NC(=O)[C@H](C)O2. The average Bonchev–Trinajstić information content (AvgIpc) is 3.14. The molecule has 1 aromatic carbocycles. The van der Waals surface area contributed by atoms with E-state index in [0.717, 1.165) is 0 Å². The molecule has 30 heavy (non-hydrogen) atoms. The molecule has 2 aliphatic rings. The van der Waals surface area contributed by atoms with Crippen LogP contribution in [0.3, 0.4) is 0 Å². The number of sulfonamides is 1. The quantitative estimate of drug-likeness (QED) is 0.712. The zero-order valence-corrected chi connectivity index (χ0v) is 18.3. The van der Waals surface area contributed by atoms with Crippen molar-refractivity contribution in [2.45, 2.75) is 44.2 Å². The summed E-state index contributed by atoms with van der Waals surface area (Å²) in [5.74, 6) is 0.151. The Morgan fingerprint density at radius 1 is 1.30 bits per heavy atom. The van der Waals surface area contributed by atoms with Gasteiger partial charge in [-0.2, -0.15) is 5.10 Å². The molecule has 1 fully saturated rings. The summed E-state index contributed by atoms with van der Waals surface area (Å²) in [6.45, 7) is 4.80. The molecule has 1 saturated heterocycles. The smallest absolute Gasteiger partial charge is 0.265 e. The van der Waals surface area contributed by atoms with Crippen LogP contribution in [0.4, 0.5) is 11.4 Å². The highest BCUT2D eigenvalue weighted by molar-refractivity contribution is 7.92. The minimum Gasteiger partial charge on any atom is -0.479 e. The Hall–Kier alpha value is -2.60. The molecule has 2 aliphatic heterocycles. The van der Waals surface area contributed by atoms with Gasteiger partial charge in [-0.05, 0) is 45.4 Å². The van der Waals surface area contributed by atoms with Gasteiger partial charge in [-0.1, -0.05) is 0 Å². The Morgan fingerprint density at radius 3 is 2.70 bits per heavy atom. The summed E-state index contributed by atoms with van der Waals surface area (Å²) in [6, 6.07) is 4.22. The minimum atomic E-state index is -4.00. The van der Waals surface area contributed by atoms with E-state index in [9.17, 15) is 21.6 Å². The Balaban J connectivity index is 1.64. The van der Waals surface area contributed by atoms with Crippen molar-refractivity contribution in [1.29, 1.82) is 0 Å². The first-order chi connectivity index (χ1) is 14.0. The van der Waals surface area contributed by atoms with E-state index in [2.05, 4.69) is 15.1 Å². The fraction of sp³-hybridized carbons (Fsp3) is 0.444. The van der Waals surface area contributed by atoms with E-state index in [1.807, 2.05) is 0 Å². The van der Waals surface area contributed by atoms with Crippen molar-refractivity contribution in [2.24, 2.45) is 0 Å². The second kappa shape index (κ2) is 6.98. The van der Waals surface area contributed by atoms with Crippen LogP contribution >= 0.6 is 0 Å². The van der Waals surface area contributed by atoms with Crippen LogP contribution in [-0.2, 0) is 24.7 Å². The number of carbonyl (C=O) groups excluding carboxylic acids is 1. The molecular weight excluding hydrogens is 432 g/mol. The van der Waals surface area contributed by atoms with Crippen LogP contribution in [0.1, 0.15) is 30.8 Å². The standard InChI is InChI=1S/C18H22N4O6S2/c1-10-17(11(2)22(20-10)14-6-7-29(24,25)9-14)30(26,27)21-13-4-5-16-15(8-13)19-18(23)12(3)28-16/h4-5,8,12,14,21H,6-7,9H2,1-3H3,(H,19,23)/t12-,14-/m0/s1. The molecule has 0 radical (unpaired) electrons. The van der Waals surface area contributed by atoms with Crippen LogP contribution in [0.25, 0.3) is 0 Å². The number of nitrogens with zero attached hydrogens (tertiary/aromatic N) is 2. The largest absolute Gasteiger partial charge is 0.479 e. The van der Waals surface area contributed by atoms with Crippen molar-refractivity contribution in [3.8, 4) is 5.75 Å². The molecule has 4 rings (SSSR count). The van der Waals surface area contributed by atoms with E-state index < -0.39 is 26.0 Å². The number of benzene rings is 1. The van der Waals surface area contributed by atoms with Crippen molar-refractivity contribution in [2.75, 3.05) is 21.5 Å². The van der Waals surface area contributed by atoms with Gasteiger partial charge in [0.2, 0.25) is 0 Å². The number of fused-ring (bicyclic) bond motifs is 1. The van der Waals surface area contributed by atoms with Gasteiger partial charge in [-0.3, -0.25) is 14.2 Å². The summed E-state index contributed by atoms with van der Waals surface area (Å²) in [5.41, 5.74) is 1.29. The minimum absolute atomic E-state index is 0.0124. The number of aromatic nitrogens is 2. The number of amides is 1. The van der Waals surface area contributed by atoms with Crippen molar-refractivity contribution < 1.29 is 26.4 Å². The van der Waals surface area contributed by atoms with E-state index in [-0.39, 0.29) is 39.7 Å². The molecule has 0 bridgehead atoms. The fourth-order valence-corrected chi connectivity index (χ4v) is 6.98. The van der Waals surface area contributed by atoms with Crippen LogP contribution in [0.2, 0.25) is 0 Å². The lowest BCUT2D eigenvalue weighted by Crippen LogP contribution is -2.34. The molecule has 0 spiro atoms. The Kier molecular flexibility index (Phi) is 4.81. The number of hydrogen-bond acceptors (Lipinski definition) is 7. The Labute approximate surface area is 174 Å². The molecule has 12 heteroatoms. The first-order valence-corrected chi connectivity index (χ1v) is 12.7. The first-order valence-electron chi connectivity index (χ1n) is 9.37. The van der Waals surface area contributed by atoms with Gasteiger partial charge >= 0.3 is 0 Å². The summed E-state index contributed by atoms with van der Waals surface area (Å²) >= 11 is 0. The number of rotatable bonds is 4. The van der Waals surface area contributed by atoms with Crippen molar-refractivity contribution in [3.05, 3.63) is 29.6 Å². The molecular formula is C18H22N4O6S2. The van der Waals surface area contributed by atoms with Gasteiger partial charge in [0.15, 0.2) is 15.9 Å². The third-order valence-corrected chi connectivity index (χ3v) is 8.63. The summed E-state index contributed by atoms with van der Waals surface area (Å²) in [5, 5.41) is 6.99. The van der Waals surface area contributed by atoms with Crippen molar-refractivity contribution in [3.63, 3.8) is 0 Å². The zero-order chi connectivity index (χ0) is 21.8. The molecule has 1 aromatic heterocycles. The van der Waals surface area contributed by atoms with Gasteiger partial charge < -0.3 is 10.1 Å². The van der Waals surface area contributed by atoms with Crippen LogP contribution in [-0.4, -0.2) is 50.1 Å². The molecule has 0 aliphatic carbocycles. The normalized spacial score (nSPS) is 22.8. The lowest BCUT2D eigenvalue weighted by Gasteiger charge is -2.23. The zero-order valence-electron chi connectivity index (χ0n) is 16.7.